The Bertz CT molecular complexity index is 585. The maximum atomic E-state index is 9.14. The van der Waals surface area contributed by atoms with Crippen molar-refractivity contribution in [3.05, 3.63) is 59.7 Å². The molecule has 0 saturated carbocycles. The van der Waals surface area contributed by atoms with Gasteiger partial charge in [0.2, 0.25) is 0 Å². The van der Waals surface area contributed by atoms with Gasteiger partial charge in [0, 0.05) is 19.3 Å². The van der Waals surface area contributed by atoms with Crippen LogP contribution < -0.4 is 10.6 Å². The second-order valence-electron chi connectivity index (χ2n) is 4.55. The molecular weight excluding hydrogens is 234 g/mol. The average Bonchev–Trinajstić information content (AvgIpc) is 2.45. The van der Waals surface area contributed by atoms with Crippen LogP contribution in [0.4, 0.5) is 11.4 Å². The third-order valence-electron chi connectivity index (χ3n) is 3.13. The zero-order valence-corrected chi connectivity index (χ0v) is 11.0. The maximum Gasteiger partial charge on any atom is 0.101 e. The van der Waals surface area contributed by atoms with E-state index in [1.165, 1.54) is 5.56 Å². The summed E-state index contributed by atoms with van der Waals surface area (Å²) in [6.07, 6.45) is 0.951. The molecule has 2 rings (SSSR count). The van der Waals surface area contributed by atoms with Crippen LogP contribution in [0.2, 0.25) is 0 Å². The van der Waals surface area contributed by atoms with Gasteiger partial charge >= 0.3 is 0 Å². The Morgan fingerprint density at radius 1 is 1.16 bits per heavy atom. The van der Waals surface area contributed by atoms with E-state index in [4.69, 9.17) is 11.0 Å². The van der Waals surface area contributed by atoms with E-state index in [-0.39, 0.29) is 0 Å². The number of nitrogens with zero attached hydrogens (tertiary/aromatic N) is 2. The van der Waals surface area contributed by atoms with Gasteiger partial charge in [-0.3, -0.25) is 0 Å². The standard InChI is InChI=1S/C16H17N3/c1-19(10-9-13-5-3-2-4-6-13)16-8-7-15(18)11-14(16)12-17/h2-8,11H,9-10,18H2,1H3. The number of nitrogens with two attached hydrogens (primary N) is 1. The molecule has 0 amide bonds. The minimum Gasteiger partial charge on any atom is -0.399 e. The number of nitrogen functional groups attached to an aromatic ring is 1. The van der Waals surface area contributed by atoms with Crippen molar-refractivity contribution in [2.45, 2.75) is 6.42 Å². The Balaban J connectivity index is 2.08. The molecule has 3 heteroatoms. The molecule has 0 bridgehead atoms. The Morgan fingerprint density at radius 3 is 2.58 bits per heavy atom. The quantitative estimate of drug-likeness (QED) is 0.850. The zero-order valence-electron chi connectivity index (χ0n) is 11.0. The lowest BCUT2D eigenvalue weighted by molar-refractivity contribution is 0.875. The number of hydrogen-bond acceptors (Lipinski definition) is 3. The van der Waals surface area contributed by atoms with Gasteiger partial charge in [-0.1, -0.05) is 30.3 Å². The molecule has 96 valence electrons. The third-order valence-corrected chi connectivity index (χ3v) is 3.13. The summed E-state index contributed by atoms with van der Waals surface area (Å²) in [5.74, 6) is 0. The molecule has 0 spiro atoms. The van der Waals surface area contributed by atoms with Crippen LogP contribution in [0.3, 0.4) is 0 Å². The third kappa shape index (κ3) is 3.26. The van der Waals surface area contributed by atoms with Gasteiger partial charge in [0.1, 0.15) is 6.07 Å². The van der Waals surface area contributed by atoms with Crippen LogP contribution in [-0.4, -0.2) is 13.6 Å². The largest absolute Gasteiger partial charge is 0.399 e. The van der Waals surface area contributed by atoms with Crippen LogP contribution >= 0.6 is 0 Å². The summed E-state index contributed by atoms with van der Waals surface area (Å²) in [4.78, 5) is 2.09. The lowest BCUT2D eigenvalue weighted by Gasteiger charge is -2.20. The molecule has 0 unspecified atom stereocenters. The number of anilines is 2. The summed E-state index contributed by atoms with van der Waals surface area (Å²) in [7, 11) is 2.00. The van der Waals surface area contributed by atoms with E-state index in [1.807, 2.05) is 37.4 Å². The molecule has 0 saturated heterocycles. The SMILES string of the molecule is CN(CCc1ccccc1)c1ccc(N)cc1C#N. The highest BCUT2D eigenvalue weighted by molar-refractivity contribution is 5.64. The molecule has 2 aromatic rings. The highest BCUT2D eigenvalue weighted by atomic mass is 15.1. The minimum atomic E-state index is 0.621. The van der Waals surface area contributed by atoms with Crippen LogP contribution in [0.1, 0.15) is 11.1 Å². The molecule has 0 atom stereocenters. The number of likely N-dealkylation sites (N-methyl/N-ethyl adjacent to an activating group) is 1. The summed E-state index contributed by atoms with van der Waals surface area (Å²) in [5, 5.41) is 9.14. The van der Waals surface area contributed by atoms with Gasteiger partial charge in [0.05, 0.1) is 11.3 Å². The van der Waals surface area contributed by atoms with Crippen LogP contribution in [0.25, 0.3) is 0 Å². The zero-order chi connectivity index (χ0) is 13.7. The van der Waals surface area contributed by atoms with E-state index >= 15 is 0 Å². The van der Waals surface area contributed by atoms with Gasteiger partial charge in [0.25, 0.3) is 0 Å². The monoisotopic (exact) mass is 251 g/mol. The molecule has 2 aromatic carbocycles. The van der Waals surface area contributed by atoms with Crippen molar-refractivity contribution in [2.75, 3.05) is 24.2 Å². The van der Waals surface area contributed by atoms with Crippen LogP contribution in [0, 0.1) is 11.3 Å². The van der Waals surface area contributed by atoms with Crippen molar-refractivity contribution in [3.8, 4) is 6.07 Å². The van der Waals surface area contributed by atoms with E-state index in [0.29, 0.717) is 11.3 Å². The van der Waals surface area contributed by atoms with Crippen molar-refractivity contribution < 1.29 is 0 Å². The van der Waals surface area contributed by atoms with Crippen LogP contribution in [-0.2, 0) is 6.42 Å². The Kier molecular flexibility index (Phi) is 4.04. The van der Waals surface area contributed by atoms with Gasteiger partial charge in [-0.05, 0) is 30.2 Å². The first-order chi connectivity index (χ1) is 9.20. The van der Waals surface area contributed by atoms with E-state index in [9.17, 15) is 0 Å². The first-order valence-corrected chi connectivity index (χ1v) is 6.25. The van der Waals surface area contributed by atoms with Crippen molar-refractivity contribution in [2.24, 2.45) is 0 Å². The van der Waals surface area contributed by atoms with Gasteiger partial charge in [-0.2, -0.15) is 5.26 Å². The Morgan fingerprint density at radius 2 is 1.89 bits per heavy atom. The molecule has 0 aliphatic rings. The predicted molar refractivity (Wildman–Crippen MR) is 79.0 cm³/mol. The minimum absolute atomic E-state index is 0.621. The molecule has 0 radical (unpaired) electrons. The van der Waals surface area contributed by atoms with E-state index < -0.39 is 0 Å². The van der Waals surface area contributed by atoms with E-state index in [2.05, 4.69) is 23.1 Å². The fourth-order valence-electron chi connectivity index (χ4n) is 2.04. The van der Waals surface area contributed by atoms with Crippen LogP contribution in [0.5, 0.6) is 0 Å². The maximum absolute atomic E-state index is 9.14. The molecule has 3 nitrogen and oxygen atoms in total. The van der Waals surface area contributed by atoms with E-state index in [0.717, 1.165) is 18.7 Å². The average molecular weight is 251 g/mol. The van der Waals surface area contributed by atoms with E-state index in [1.54, 1.807) is 6.07 Å². The molecule has 0 aliphatic carbocycles. The van der Waals surface area contributed by atoms with Gasteiger partial charge in [-0.25, -0.2) is 0 Å². The lowest BCUT2D eigenvalue weighted by atomic mass is 10.1. The predicted octanol–water partition coefficient (Wildman–Crippen LogP) is 2.82. The number of benzene rings is 2. The van der Waals surface area contributed by atoms with Crippen molar-refractivity contribution in [1.82, 2.24) is 0 Å². The highest BCUT2D eigenvalue weighted by Gasteiger charge is 2.07. The molecule has 0 heterocycles. The summed E-state index contributed by atoms with van der Waals surface area (Å²) in [6.45, 7) is 0.864. The molecule has 2 N–H and O–H groups in total. The number of nitriles is 1. The number of rotatable bonds is 4. The van der Waals surface area contributed by atoms with Crippen molar-refractivity contribution in [1.29, 1.82) is 5.26 Å². The summed E-state index contributed by atoms with van der Waals surface area (Å²) < 4.78 is 0. The first kappa shape index (κ1) is 13.0. The molecule has 0 fully saturated rings. The molecular formula is C16H17N3. The van der Waals surface area contributed by atoms with Crippen molar-refractivity contribution >= 4 is 11.4 Å². The van der Waals surface area contributed by atoms with Gasteiger partial charge < -0.3 is 10.6 Å². The molecule has 19 heavy (non-hydrogen) atoms. The van der Waals surface area contributed by atoms with Crippen molar-refractivity contribution in [3.63, 3.8) is 0 Å². The summed E-state index contributed by atoms with van der Waals surface area (Å²) in [6, 6.07) is 18.0. The normalized spacial score (nSPS) is 9.89. The number of hydrogen-bond donors (Lipinski definition) is 1. The van der Waals surface area contributed by atoms with Crippen LogP contribution in [0.15, 0.2) is 48.5 Å². The highest BCUT2D eigenvalue weighted by Crippen LogP contribution is 2.21. The fourth-order valence-corrected chi connectivity index (χ4v) is 2.04. The Labute approximate surface area is 113 Å². The lowest BCUT2D eigenvalue weighted by Crippen LogP contribution is -2.21. The summed E-state index contributed by atoms with van der Waals surface area (Å²) in [5.41, 5.74) is 9.16. The summed E-state index contributed by atoms with van der Waals surface area (Å²) >= 11 is 0. The second kappa shape index (κ2) is 5.92. The molecule has 0 aliphatic heterocycles. The molecule has 0 aromatic heterocycles. The van der Waals surface area contributed by atoms with Gasteiger partial charge in [-0.15, -0.1) is 0 Å². The fraction of sp³-hybridized carbons (Fsp3) is 0.188. The van der Waals surface area contributed by atoms with Gasteiger partial charge in [0.15, 0.2) is 0 Å². The smallest absolute Gasteiger partial charge is 0.101 e. The first-order valence-electron chi connectivity index (χ1n) is 6.25. The topological polar surface area (TPSA) is 53.0 Å². The Hall–Kier alpha value is -2.47. The second-order valence-corrected chi connectivity index (χ2v) is 4.55.